The third-order valence-corrected chi connectivity index (χ3v) is 5.49. The summed E-state index contributed by atoms with van der Waals surface area (Å²) in [6.07, 6.45) is -0.754. The Kier molecular flexibility index (Phi) is 5.16. The first-order chi connectivity index (χ1) is 11.6. The van der Waals surface area contributed by atoms with Gasteiger partial charge in [-0.05, 0) is 31.0 Å². The van der Waals surface area contributed by atoms with Crippen LogP contribution >= 0.6 is 11.3 Å². The minimum Gasteiger partial charge on any atom is -0.448 e. The molecule has 1 unspecified atom stereocenters. The topological polar surface area (TPSA) is 49.9 Å². The van der Waals surface area contributed by atoms with E-state index in [4.69, 9.17) is 4.74 Å². The summed E-state index contributed by atoms with van der Waals surface area (Å²) in [5, 5.41) is 1.02. The molecule has 2 aromatic rings. The predicted molar refractivity (Wildman–Crippen MR) is 95.4 cm³/mol. The average Bonchev–Trinajstić information content (AvgIpc) is 3.05. The van der Waals surface area contributed by atoms with Crippen molar-refractivity contribution >= 4 is 33.3 Å². The van der Waals surface area contributed by atoms with Gasteiger partial charge in [-0.15, -0.1) is 11.3 Å². The summed E-state index contributed by atoms with van der Waals surface area (Å²) >= 11 is 1.39. The van der Waals surface area contributed by atoms with E-state index in [0.717, 1.165) is 29.7 Å². The van der Waals surface area contributed by atoms with E-state index < -0.39 is 12.1 Å². The van der Waals surface area contributed by atoms with Crippen molar-refractivity contribution in [2.45, 2.75) is 20.0 Å². The lowest BCUT2D eigenvalue weighted by Crippen LogP contribution is -2.51. The second-order valence-electron chi connectivity index (χ2n) is 5.96. The molecule has 0 radical (unpaired) electrons. The van der Waals surface area contributed by atoms with Gasteiger partial charge in [-0.2, -0.15) is 0 Å². The Morgan fingerprint density at radius 1 is 1.21 bits per heavy atom. The largest absolute Gasteiger partial charge is 0.448 e. The monoisotopic (exact) mass is 346 g/mol. The molecular formula is C18H22N2O3S. The van der Waals surface area contributed by atoms with Gasteiger partial charge in [0.15, 0.2) is 6.10 Å². The fraction of sp³-hybridized carbons (Fsp3) is 0.444. The molecule has 1 fully saturated rings. The van der Waals surface area contributed by atoms with Crippen LogP contribution in [0.4, 0.5) is 0 Å². The molecule has 0 aliphatic carbocycles. The number of carbonyl (C=O) groups is 2. The molecule has 3 rings (SSSR count). The molecule has 1 amide bonds. The van der Waals surface area contributed by atoms with Gasteiger partial charge in [0, 0.05) is 30.9 Å². The van der Waals surface area contributed by atoms with E-state index in [1.807, 2.05) is 30.3 Å². The first-order valence-electron chi connectivity index (χ1n) is 8.29. The van der Waals surface area contributed by atoms with E-state index in [1.54, 1.807) is 11.8 Å². The number of nitrogens with zero attached hydrogens (tertiary/aromatic N) is 2. The molecule has 128 valence electrons. The molecule has 1 saturated heterocycles. The fourth-order valence-corrected chi connectivity index (χ4v) is 3.84. The van der Waals surface area contributed by atoms with Crippen LogP contribution in [0.5, 0.6) is 0 Å². The van der Waals surface area contributed by atoms with Gasteiger partial charge < -0.3 is 14.5 Å². The highest BCUT2D eigenvalue weighted by molar-refractivity contribution is 7.20. The molecule has 2 heterocycles. The van der Waals surface area contributed by atoms with Crippen LogP contribution in [0.15, 0.2) is 30.3 Å². The number of fused-ring (bicyclic) bond motifs is 1. The van der Waals surface area contributed by atoms with Gasteiger partial charge >= 0.3 is 5.97 Å². The number of hydrogen-bond acceptors (Lipinski definition) is 5. The van der Waals surface area contributed by atoms with Crippen molar-refractivity contribution < 1.29 is 14.3 Å². The molecule has 0 spiro atoms. The van der Waals surface area contributed by atoms with Crippen molar-refractivity contribution in [1.82, 2.24) is 9.80 Å². The van der Waals surface area contributed by atoms with E-state index in [9.17, 15) is 9.59 Å². The molecule has 1 aromatic carbocycles. The maximum Gasteiger partial charge on any atom is 0.349 e. The van der Waals surface area contributed by atoms with Crippen LogP contribution < -0.4 is 0 Å². The number of carbonyl (C=O) groups excluding carboxylic acids is 2. The van der Waals surface area contributed by atoms with Crippen molar-refractivity contribution in [1.29, 1.82) is 0 Å². The summed E-state index contributed by atoms with van der Waals surface area (Å²) in [4.78, 5) is 29.4. The number of thiophene rings is 1. The Balaban J connectivity index is 1.60. The van der Waals surface area contributed by atoms with Crippen LogP contribution in [-0.2, 0) is 9.53 Å². The highest BCUT2D eigenvalue weighted by Crippen LogP contribution is 2.26. The van der Waals surface area contributed by atoms with E-state index in [2.05, 4.69) is 11.8 Å². The van der Waals surface area contributed by atoms with Crippen LogP contribution in [-0.4, -0.2) is 60.5 Å². The lowest BCUT2D eigenvalue weighted by Gasteiger charge is -2.35. The third-order valence-electron chi connectivity index (χ3n) is 4.39. The van der Waals surface area contributed by atoms with Crippen LogP contribution in [0.1, 0.15) is 23.5 Å². The van der Waals surface area contributed by atoms with Crippen molar-refractivity contribution in [3.63, 3.8) is 0 Å². The SMILES string of the molecule is CCN1CCN(C(=O)C(C)OC(=O)c2cc3ccccc3s2)CC1. The summed E-state index contributed by atoms with van der Waals surface area (Å²) in [5.74, 6) is -0.538. The maximum absolute atomic E-state index is 12.5. The normalized spacial score (nSPS) is 17.0. The van der Waals surface area contributed by atoms with Gasteiger partial charge in [0.05, 0.1) is 0 Å². The van der Waals surface area contributed by atoms with E-state index in [-0.39, 0.29) is 5.91 Å². The molecule has 0 bridgehead atoms. The quantitative estimate of drug-likeness (QED) is 0.799. The number of ether oxygens (including phenoxy) is 1. The van der Waals surface area contributed by atoms with Crippen LogP contribution in [0.3, 0.4) is 0 Å². The molecule has 1 atom stereocenters. The zero-order valence-corrected chi connectivity index (χ0v) is 14.8. The van der Waals surface area contributed by atoms with E-state index in [1.165, 1.54) is 11.3 Å². The zero-order valence-electron chi connectivity index (χ0n) is 14.0. The van der Waals surface area contributed by atoms with Gasteiger partial charge in [0.2, 0.25) is 0 Å². The summed E-state index contributed by atoms with van der Waals surface area (Å²) < 4.78 is 6.44. The maximum atomic E-state index is 12.5. The number of amides is 1. The number of esters is 1. The Bertz CT molecular complexity index is 702. The third kappa shape index (κ3) is 3.60. The summed E-state index contributed by atoms with van der Waals surface area (Å²) in [6, 6.07) is 9.63. The molecule has 6 heteroatoms. The first-order valence-corrected chi connectivity index (χ1v) is 9.11. The molecule has 1 aromatic heterocycles. The Labute approximate surface area is 145 Å². The second-order valence-corrected chi connectivity index (χ2v) is 7.04. The number of benzene rings is 1. The second kappa shape index (κ2) is 7.32. The fourth-order valence-electron chi connectivity index (χ4n) is 2.89. The standard InChI is InChI=1S/C18H22N2O3S/c1-3-19-8-10-20(11-9-19)17(21)13(2)23-18(22)16-12-14-6-4-5-7-15(14)24-16/h4-7,12-13H,3,8-11H2,1-2H3. The Morgan fingerprint density at radius 2 is 1.92 bits per heavy atom. The van der Waals surface area contributed by atoms with Crippen LogP contribution in [0.25, 0.3) is 10.1 Å². The highest BCUT2D eigenvalue weighted by atomic mass is 32.1. The Morgan fingerprint density at radius 3 is 2.58 bits per heavy atom. The molecule has 5 nitrogen and oxygen atoms in total. The van der Waals surface area contributed by atoms with Crippen LogP contribution in [0, 0.1) is 0 Å². The van der Waals surface area contributed by atoms with Gasteiger partial charge in [-0.3, -0.25) is 4.79 Å². The van der Waals surface area contributed by atoms with E-state index in [0.29, 0.717) is 18.0 Å². The first kappa shape index (κ1) is 16.9. The summed E-state index contributed by atoms with van der Waals surface area (Å²) in [7, 11) is 0. The molecular weight excluding hydrogens is 324 g/mol. The van der Waals surface area contributed by atoms with Gasteiger partial charge in [-0.25, -0.2) is 4.79 Å². The average molecular weight is 346 g/mol. The molecule has 0 N–H and O–H groups in total. The van der Waals surface area contributed by atoms with Crippen molar-refractivity contribution in [3.8, 4) is 0 Å². The predicted octanol–water partition coefficient (Wildman–Crippen LogP) is 2.61. The zero-order chi connectivity index (χ0) is 17.1. The number of likely N-dealkylation sites (N-methyl/N-ethyl adjacent to an activating group) is 1. The molecule has 24 heavy (non-hydrogen) atoms. The lowest BCUT2D eigenvalue weighted by atomic mass is 10.2. The number of hydrogen-bond donors (Lipinski definition) is 0. The van der Waals surface area contributed by atoms with E-state index >= 15 is 0 Å². The molecule has 1 aliphatic rings. The number of piperazine rings is 1. The van der Waals surface area contributed by atoms with Crippen molar-refractivity contribution in [2.75, 3.05) is 32.7 Å². The van der Waals surface area contributed by atoms with Crippen molar-refractivity contribution in [2.24, 2.45) is 0 Å². The van der Waals surface area contributed by atoms with Crippen LogP contribution in [0.2, 0.25) is 0 Å². The summed E-state index contributed by atoms with van der Waals surface area (Å²) in [5.41, 5.74) is 0. The lowest BCUT2D eigenvalue weighted by molar-refractivity contribution is -0.141. The minimum atomic E-state index is -0.754. The summed E-state index contributed by atoms with van der Waals surface area (Å²) in [6.45, 7) is 7.90. The van der Waals surface area contributed by atoms with Gasteiger partial charge in [-0.1, -0.05) is 25.1 Å². The van der Waals surface area contributed by atoms with Gasteiger partial charge in [0.1, 0.15) is 4.88 Å². The number of rotatable bonds is 4. The van der Waals surface area contributed by atoms with Gasteiger partial charge in [0.25, 0.3) is 5.91 Å². The molecule has 1 aliphatic heterocycles. The highest BCUT2D eigenvalue weighted by Gasteiger charge is 2.27. The Hall–Kier alpha value is -1.92. The molecule has 0 saturated carbocycles. The smallest absolute Gasteiger partial charge is 0.349 e. The van der Waals surface area contributed by atoms with Crippen molar-refractivity contribution in [3.05, 3.63) is 35.2 Å². The minimum absolute atomic E-state index is 0.111.